The number of aryl methyl sites for hydroxylation is 1. The van der Waals surface area contributed by atoms with Crippen molar-refractivity contribution in [3.8, 4) is 0 Å². The Hall–Kier alpha value is -2.30. The van der Waals surface area contributed by atoms with Crippen molar-refractivity contribution in [2.24, 2.45) is 0 Å². The number of nitrogens with one attached hydrogen (secondary N) is 2. The molecule has 0 atom stereocenters. The van der Waals surface area contributed by atoms with E-state index in [1.807, 2.05) is 31.2 Å². The highest BCUT2D eigenvalue weighted by atomic mass is 15.1. The zero-order valence-electron chi connectivity index (χ0n) is 9.86. The van der Waals surface area contributed by atoms with Crippen LogP contribution in [0.3, 0.4) is 0 Å². The summed E-state index contributed by atoms with van der Waals surface area (Å²) >= 11 is 0. The van der Waals surface area contributed by atoms with Gasteiger partial charge in [-0.05, 0) is 24.6 Å². The topological polar surface area (TPSA) is 75.9 Å². The highest BCUT2D eigenvalue weighted by molar-refractivity contribution is 5.77. The summed E-state index contributed by atoms with van der Waals surface area (Å²) in [6, 6.07) is 8.01. The number of hydrogen-bond donors (Lipinski definition) is 3. The molecule has 1 heterocycles. The molecule has 1 aromatic carbocycles. The number of hydrogen-bond acceptors (Lipinski definition) is 5. The third-order valence-corrected chi connectivity index (χ3v) is 2.40. The summed E-state index contributed by atoms with van der Waals surface area (Å²) in [6.07, 6.45) is 1.47. The van der Waals surface area contributed by atoms with Crippen LogP contribution in [0.25, 0.3) is 0 Å². The SMILES string of the molecule is CNc1ncnc(Nc2cccc(C)c2)c1N. The molecule has 0 saturated carbocycles. The molecule has 0 spiro atoms. The second kappa shape index (κ2) is 4.69. The van der Waals surface area contributed by atoms with Crippen LogP contribution < -0.4 is 16.4 Å². The monoisotopic (exact) mass is 229 g/mol. The van der Waals surface area contributed by atoms with Gasteiger partial charge in [0.05, 0.1) is 0 Å². The predicted octanol–water partition coefficient (Wildman–Crippen LogP) is 2.15. The van der Waals surface area contributed by atoms with Crippen LogP contribution in [0, 0.1) is 6.92 Å². The van der Waals surface area contributed by atoms with Gasteiger partial charge in [-0.3, -0.25) is 0 Å². The summed E-state index contributed by atoms with van der Waals surface area (Å²) < 4.78 is 0. The molecule has 0 radical (unpaired) electrons. The van der Waals surface area contributed by atoms with Gasteiger partial charge in [-0.2, -0.15) is 0 Å². The van der Waals surface area contributed by atoms with Crippen LogP contribution in [0.1, 0.15) is 5.56 Å². The minimum Gasteiger partial charge on any atom is -0.393 e. The summed E-state index contributed by atoms with van der Waals surface area (Å²) in [5.74, 6) is 1.23. The molecule has 2 rings (SSSR count). The Bertz CT molecular complexity index is 524. The van der Waals surface area contributed by atoms with Crippen LogP contribution in [-0.4, -0.2) is 17.0 Å². The van der Waals surface area contributed by atoms with Crippen molar-refractivity contribution >= 4 is 23.0 Å². The van der Waals surface area contributed by atoms with E-state index in [9.17, 15) is 0 Å². The molecule has 1 aromatic heterocycles. The fourth-order valence-electron chi connectivity index (χ4n) is 1.55. The van der Waals surface area contributed by atoms with Crippen LogP contribution >= 0.6 is 0 Å². The van der Waals surface area contributed by atoms with E-state index in [4.69, 9.17) is 5.73 Å². The maximum absolute atomic E-state index is 5.93. The third-order valence-electron chi connectivity index (χ3n) is 2.40. The lowest BCUT2D eigenvalue weighted by Crippen LogP contribution is -2.04. The van der Waals surface area contributed by atoms with Crippen LogP contribution in [0.15, 0.2) is 30.6 Å². The number of aromatic nitrogens is 2. The van der Waals surface area contributed by atoms with Gasteiger partial charge in [0.25, 0.3) is 0 Å². The maximum atomic E-state index is 5.93. The molecule has 0 amide bonds. The first kappa shape index (κ1) is 11.2. The summed E-state index contributed by atoms with van der Waals surface area (Å²) in [7, 11) is 1.77. The van der Waals surface area contributed by atoms with Crippen LogP contribution in [0.2, 0.25) is 0 Å². The Morgan fingerprint density at radius 2 is 1.94 bits per heavy atom. The summed E-state index contributed by atoms with van der Waals surface area (Å²) in [4.78, 5) is 8.15. The van der Waals surface area contributed by atoms with Crippen molar-refractivity contribution in [1.29, 1.82) is 0 Å². The van der Waals surface area contributed by atoms with E-state index in [1.54, 1.807) is 7.05 Å². The van der Waals surface area contributed by atoms with E-state index in [0.29, 0.717) is 17.3 Å². The zero-order valence-corrected chi connectivity index (χ0v) is 9.86. The van der Waals surface area contributed by atoms with Gasteiger partial charge in [0.15, 0.2) is 11.6 Å². The van der Waals surface area contributed by atoms with Crippen molar-refractivity contribution < 1.29 is 0 Å². The average Bonchev–Trinajstić information content (AvgIpc) is 2.32. The van der Waals surface area contributed by atoms with Gasteiger partial charge in [-0.25, -0.2) is 9.97 Å². The predicted molar refractivity (Wildman–Crippen MR) is 70.5 cm³/mol. The van der Waals surface area contributed by atoms with Crippen LogP contribution in [0.4, 0.5) is 23.0 Å². The smallest absolute Gasteiger partial charge is 0.159 e. The van der Waals surface area contributed by atoms with Gasteiger partial charge < -0.3 is 16.4 Å². The lowest BCUT2D eigenvalue weighted by atomic mass is 10.2. The summed E-state index contributed by atoms with van der Waals surface area (Å²) in [5, 5.41) is 6.09. The zero-order chi connectivity index (χ0) is 12.3. The lowest BCUT2D eigenvalue weighted by Gasteiger charge is -2.10. The van der Waals surface area contributed by atoms with Crippen molar-refractivity contribution in [3.63, 3.8) is 0 Å². The quantitative estimate of drug-likeness (QED) is 0.752. The molecule has 4 N–H and O–H groups in total. The van der Waals surface area contributed by atoms with Crippen molar-refractivity contribution in [2.45, 2.75) is 6.92 Å². The van der Waals surface area contributed by atoms with E-state index in [-0.39, 0.29) is 0 Å². The van der Waals surface area contributed by atoms with Gasteiger partial charge in [0, 0.05) is 12.7 Å². The van der Waals surface area contributed by atoms with Crippen molar-refractivity contribution in [2.75, 3.05) is 23.4 Å². The Balaban J connectivity index is 2.30. The highest BCUT2D eigenvalue weighted by Gasteiger charge is 2.06. The first-order chi connectivity index (χ1) is 8.20. The molecule has 2 aromatic rings. The van der Waals surface area contributed by atoms with Gasteiger partial charge >= 0.3 is 0 Å². The van der Waals surface area contributed by atoms with Gasteiger partial charge in [0.1, 0.15) is 12.0 Å². The Morgan fingerprint density at radius 1 is 1.18 bits per heavy atom. The molecule has 5 heteroatoms. The van der Waals surface area contributed by atoms with Crippen molar-refractivity contribution in [3.05, 3.63) is 36.2 Å². The lowest BCUT2D eigenvalue weighted by molar-refractivity contribution is 1.16. The molecule has 5 nitrogen and oxygen atoms in total. The Labute approximate surface area is 100 Å². The fourth-order valence-corrected chi connectivity index (χ4v) is 1.55. The van der Waals surface area contributed by atoms with Crippen molar-refractivity contribution in [1.82, 2.24) is 9.97 Å². The molecule has 0 bridgehead atoms. The van der Waals surface area contributed by atoms with E-state index in [0.717, 1.165) is 5.69 Å². The number of nitrogens with zero attached hydrogens (tertiary/aromatic N) is 2. The first-order valence-corrected chi connectivity index (χ1v) is 5.32. The fraction of sp³-hybridized carbons (Fsp3) is 0.167. The third kappa shape index (κ3) is 2.44. The molecule has 0 unspecified atom stereocenters. The average molecular weight is 229 g/mol. The Morgan fingerprint density at radius 3 is 2.65 bits per heavy atom. The van der Waals surface area contributed by atoms with E-state index in [1.165, 1.54) is 11.9 Å². The minimum atomic E-state index is 0.511. The second-order valence-corrected chi connectivity index (χ2v) is 3.73. The second-order valence-electron chi connectivity index (χ2n) is 3.73. The number of anilines is 4. The van der Waals surface area contributed by atoms with E-state index >= 15 is 0 Å². The molecule has 88 valence electrons. The molecular weight excluding hydrogens is 214 g/mol. The highest BCUT2D eigenvalue weighted by Crippen LogP contribution is 2.25. The van der Waals surface area contributed by atoms with E-state index < -0.39 is 0 Å². The van der Waals surface area contributed by atoms with Gasteiger partial charge in [-0.15, -0.1) is 0 Å². The standard InChI is InChI=1S/C12H15N5/c1-8-4-3-5-9(6-8)17-12-10(13)11(14-2)15-7-16-12/h3-7H,13H2,1-2H3,(H2,14,15,16,17). The summed E-state index contributed by atoms with van der Waals surface area (Å²) in [6.45, 7) is 2.04. The Kier molecular flexibility index (Phi) is 3.09. The number of rotatable bonds is 3. The summed E-state index contributed by atoms with van der Waals surface area (Å²) in [5.41, 5.74) is 8.57. The number of benzene rings is 1. The normalized spacial score (nSPS) is 10.0. The molecule has 0 aliphatic rings. The van der Waals surface area contributed by atoms with E-state index in [2.05, 4.69) is 20.6 Å². The number of nitrogen functional groups attached to an aromatic ring is 1. The van der Waals surface area contributed by atoms with Gasteiger partial charge in [-0.1, -0.05) is 12.1 Å². The first-order valence-electron chi connectivity index (χ1n) is 5.32. The maximum Gasteiger partial charge on any atom is 0.159 e. The van der Waals surface area contributed by atoms with Crippen LogP contribution in [-0.2, 0) is 0 Å². The molecular formula is C12H15N5. The van der Waals surface area contributed by atoms with Gasteiger partial charge in [0.2, 0.25) is 0 Å². The number of nitrogens with two attached hydrogens (primary N) is 1. The molecule has 0 saturated heterocycles. The molecule has 17 heavy (non-hydrogen) atoms. The minimum absolute atomic E-state index is 0.511. The molecule has 0 fully saturated rings. The largest absolute Gasteiger partial charge is 0.393 e. The molecule has 0 aliphatic heterocycles. The molecule has 0 aliphatic carbocycles. The van der Waals surface area contributed by atoms with Crippen LogP contribution in [0.5, 0.6) is 0 Å².